The Morgan fingerprint density at radius 1 is 1.19 bits per heavy atom. The molecule has 1 aliphatic rings. The molecule has 0 unspecified atom stereocenters. The van der Waals surface area contributed by atoms with Crippen molar-refractivity contribution in [3.05, 3.63) is 56.7 Å². The maximum absolute atomic E-state index is 12.7. The summed E-state index contributed by atoms with van der Waals surface area (Å²) in [7, 11) is 0. The second-order valence-corrected chi connectivity index (χ2v) is 7.96. The molecule has 6 nitrogen and oxygen atoms in total. The first-order valence-corrected chi connectivity index (χ1v) is 10.1. The number of halogens is 1. The van der Waals surface area contributed by atoms with Crippen molar-refractivity contribution >= 4 is 41.0 Å². The van der Waals surface area contributed by atoms with E-state index in [0.29, 0.717) is 11.7 Å². The highest BCUT2D eigenvalue weighted by Crippen LogP contribution is 2.29. The van der Waals surface area contributed by atoms with E-state index in [1.54, 1.807) is 28.9 Å². The number of thiophene rings is 2. The molecular formula is C17H20ClN5OS2. The number of nitrogens with zero attached hydrogens (tertiary/aromatic N) is 3. The van der Waals surface area contributed by atoms with Crippen molar-refractivity contribution in [2.45, 2.75) is 24.9 Å². The van der Waals surface area contributed by atoms with Gasteiger partial charge in [0, 0.05) is 9.75 Å². The molecule has 0 radical (unpaired) electrons. The van der Waals surface area contributed by atoms with Gasteiger partial charge in [0.2, 0.25) is 0 Å². The van der Waals surface area contributed by atoms with E-state index in [4.69, 9.17) is 0 Å². The van der Waals surface area contributed by atoms with Gasteiger partial charge in [-0.2, -0.15) is 0 Å². The van der Waals surface area contributed by atoms with E-state index < -0.39 is 0 Å². The second-order valence-electron chi connectivity index (χ2n) is 6.00. The number of rotatable bonds is 5. The molecule has 4 heterocycles. The minimum atomic E-state index is -0.188. The number of hydrogen-bond acceptors (Lipinski definition) is 6. The lowest BCUT2D eigenvalue weighted by molar-refractivity contribution is 0.0939. The fraction of sp³-hybridized carbons (Fsp3) is 0.353. The van der Waals surface area contributed by atoms with Crippen LogP contribution in [-0.2, 0) is 0 Å². The fourth-order valence-corrected chi connectivity index (χ4v) is 4.69. The van der Waals surface area contributed by atoms with Gasteiger partial charge in [-0.1, -0.05) is 17.3 Å². The molecule has 138 valence electrons. The van der Waals surface area contributed by atoms with Crippen molar-refractivity contribution in [2.75, 3.05) is 13.1 Å². The Balaban J connectivity index is 0.00000196. The zero-order chi connectivity index (χ0) is 17.1. The molecule has 2 N–H and O–H groups in total. The van der Waals surface area contributed by atoms with Gasteiger partial charge in [-0.3, -0.25) is 4.79 Å². The Morgan fingerprint density at radius 3 is 2.42 bits per heavy atom. The summed E-state index contributed by atoms with van der Waals surface area (Å²) in [5, 5.41) is 18.8. The molecule has 4 rings (SSSR count). The van der Waals surface area contributed by atoms with Crippen LogP contribution in [0.1, 0.15) is 45.2 Å². The summed E-state index contributed by atoms with van der Waals surface area (Å²) in [6.07, 6.45) is 3.79. The minimum absolute atomic E-state index is 0. The molecule has 9 heteroatoms. The van der Waals surface area contributed by atoms with Gasteiger partial charge >= 0.3 is 0 Å². The van der Waals surface area contributed by atoms with Crippen molar-refractivity contribution in [1.82, 2.24) is 25.6 Å². The summed E-state index contributed by atoms with van der Waals surface area (Å²) in [6, 6.07) is 8.26. The number of piperidine rings is 1. The maximum Gasteiger partial charge on any atom is 0.274 e. The number of amides is 1. The Labute approximate surface area is 166 Å². The standard InChI is InChI=1S/C17H19N5OS2.ClH/c23-17(13-11-22(21-20-13)12-5-7-18-8-6-12)19-16(14-3-1-9-24-14)15-4-2-10-25-15;/h1-4,9-12,16,18H,5-8H2,(H,19,23);1H. The monoisotopic (exact) mass is 409 g/mol. The Morgan fingerprint density at radius 2 is 1.85 bits per heavy atom. The molecule has 1 fully saturated rings. The average Bonchev–Trinajstić information content (AvgIpc) is 3.43. The van der Waals surface area contributed by atoms with Crippen LogP contribution >= 0.6 is 35.1 Å². The van der Waals surface area contributed by atoms with Gasteiger partial charge in [0.1, 0.15) is 0 Å². The number of carbonyl (C=O) groups is 1. The van der Waals surface area contributed by atoms with Crippen molar-refractivity contribution in [3.63, 3.8) is 0 Å². The third-order valence-electron chi connectivity index (χ3n) is 4.36. The van der Waals surface area contributed by atoms with Gasteiger partial charge in [-0.05, 0) is 48.8 Å². The lowest BCUT2D eigenvalue weighted by Gasteiger charge is -2.22. The van der Waals surface area contributed by atoms with E-state index in [1.165, 1.54) is 0 Å². The van der Waals surface area contributed by atoms with E-state index in [0.717, 1.165) is 35.7 Å². The van der Waals surface area contributed by atoms with Crippen molar-refractivity contribution in [1.29, 1.82) is 0 Å². The van der Waals surface area contributed by atoms with Gasteiger partial charge in [0.25, 0.3) is 5.91 Å². The van der Waals surface area contributed by atoms with Crippen LogP contribution in [0, 0.1) is 0 Å². The third kappa shape index (κ3) is 4.15. The fourth-order valence-electron chi connectivity index (χ4n) is 3.03. The van der Waals surface area contributed by atoms with Crippen LogP contribution in [0.4, 0.5) is 0 Å². The molecule has 26 heavy (non-hydrogen) atoms. The van der Waals surface area contributed by atoms with Crippen LogP contribution in [0.25, 0.3) is 0 Å². The van der Waals surface area contributed by atoms with Crippen LogP contribution < -0.4 is 10.6 Å². The Hall–Kier alpha value is -1.74. The summed E-state index contributed by atoms with van der Waals surface area (Å²) in [4.78, 5) is 14.9. The zero-order valence-electron chi connectivity index (χ0n) is 14.0. The highest BCUT2D eigenvalue weighted by atomic mass is 35.5. The molecule has 0 aliphatic carbocycles. The third-order valence-corrected chi connectivity index (χ3v) is 6.23. The van der Waals surface area contributed by atoms with Gasteiger partial charge in [0.05, 0.1) is 18.3 Å². The number of carbonyl (C=O) groups excluding carboxylic acids is 1. The number of aromatic nitrogens is 3. The SMILES string of the molecule is Cl.O=C(NC(c1cccs1)c1cccs1)c1cn(C2CCNCC2)nn1. The molecule has 0 saturated carbocycles. The average molecular weight is 410 g/mol. The molecule has 1 saturated heterocycles. The predicted molar refractivity (Wildman–Crippen MR) is 106 cm³/mol. The largest absolute Gasteiger partial charge is 0.338 e. The van der Waals surface area contributed by atoms with Crippen LogP contribution in [0.2, 0.25) is 0 Å². The summed E-state index contributed by atoms with van der Waals surface area (Å²) in [5.41, 5.74) is 0.372. The molecular weight excluding hydrogens is 390 g/mol. The molecule has 0 spiro atoms. The van der Waals surface area contributed by atoms with Crippen molar-refractivity contribution in [3.8, 4) is 0 Å². The minimum Gasteiger partial charge on any atom is -0.338 e. The van der Waals surface area contributed by atoms with Gasteiger partial charge in [0.15, 0.2) is 5.69 Å². The molecule has 0 atom stereocenters. The van der Waals surface area contributed by atoms with Crippen LogP contribution in [-0.4, -0.2) is 34.0 Å². The highest BCUT2D eigenvalue weighted by Gasteiger charge is 2.23. The van der Waals surface area contributed by atoms with Crippen molar-refractivity contribution < 1.29 is 4.79 Å². The first kappa shape index (κ1) is 19.0. The summed E-state index contributed by atoms with van der Waals surface area (Å²) >= 11 is 3.28. The lowest BCUT2D eigenvalue weighted by atomic mass is 10.1. The molecule has 0 aromatic carbocycles. The molecule has 1 aliphatic heterocycles. The molecule has 3 aromatic heterocycles. The van der Waals surface area contributed by atoms with Crippen LogP contribution in [0.15, 0.2) is 41.2 Å². The topological polar surface area (TPSA) is 71.8 Å². The van der Waals surface area contributed by atoms with Crippen LogP contribution in [0.3, 0.4) is 0 Å². The first-order valence-electron chi connectivity index (χ1n) is 8.31. The lowest BCUT2D eigenvalue weighted by Crippen LogP contribution is -2.30. The Kier molecular flexibility index (Phi) is 6.42. The number of hydrogen-bond donors (Lipinski definition) is 2. The van der Waals surface area contributed by atoms with E-state index in [9.17, 15) is 4.79 Å². The van der Waals surface area contributed by atoms with E-state index in [2.05, 4.69) is 20.9 Å². The first-order chi connectivity index (χ1) is 12.3. The predicted octanol–water partition coefficient (Wildman–Crippen LogP) is 3.27. The maximum atomic E-state index is 12.7. The summed E-state index contributed by atoms with van der Waals surface area (Å²) in [6.45, 7) is 1.95. The molecule has 0 bridgehead atoms. The Bertz CT molecular complexity index is 778. The van der Waals surface area contributed by atoms with E-state index >= 15 is 0 Å². The molecule has 1 amide bonds. The second kappa shape index (κ2) is 8.77. The van der Waals surface area contributed by atoms with Gasteiger partial charge in [-0.25, -0.2) is 4.68 Å². The van der Waals surface area contributed by atoms with Crippen LogP contribution in [0.5, 0.6) is 0 Å². The van der Waals surface area contributed by atoms with E-state index in [1.807, 2.05) is 39.7 Å². The van der Waals surface area contributed by atoms with E-state index in [-0.39, 0.29) is 24.4 Å². The van der Waals surface area contributed by atoms with Gasteiger partial charge < -0.3 is 10.6 Å². The zero-order valence-corrected chi connectivity index (χ0v) is 16.4. The number of nitrogens with one attached hydrogen (secondary N) is 2. The van der Waals surface area contributed by atoms with Crippen molar-refractivity contribution in [2.24, 2.45) is 0 Å². The summed E-state index contributed by atoms with van der Waals surface area (Å²) < 4.78 is 1.83. The highest BCUT2D eigenvalue weighted by molar-refractivity contribution is 7.11. The smallest absolute Gasteiger partial charge is 0.274 e. The van der Waals surface area contributed by atoms with Gasteiger partial charge in [-0.15, -0.1) is 40.2 Å². The normalized spacial score (nSPS) is 15.0. The quantitative estimate of drug-likeness (QED) is 0.678. The molecule has 3 aromatic rings. The summed E-state index contributed by atoms with van der Waals surface area (Å²) in [5.74, 6) is -0.188.